The van der Waals surface area contributed by atoms with E-state index in [-0.39, 0.29) is 24.7 Å². The summed E-state index contributed by atoms with van der Waals surface area (Å²) in [7, 11) is -4.21. The number of rotatable bonds is 12. The van der Waals surface area contributed by atoms with Gasteiger partial charge in [0.25, 0.3) is 0 Å². The number of nitrogens with zero attached hydrogens (tertiary/aromatic N) is 2. The van der Waals surface area contributed by atoms with E-state index in [9.17, 15) is 31.2 Å². The van der Waals surface area contributed by atoms with Crippen LogP contribution in [0.15, 0.2) is 83.3 Å². The lowest BCUT2D eigenvalue weighted by atomic mass is 10.0. The molecule has 0 aromatic heterocycles. The quantitative estimate of drug-likeness (QED) is 0.265. The van der Waals surface area contributed by atoms with Crippen molar-refractivity contribution in [2.45, 2.75) is 51.5 Å². The number of benzene rings is 3. The van der Waals surface area contributed by atoms with Crippen molar-refractivity contribution < 1.29 is 31.2 Å². The molecule has 0 aliphatic carbocycles. The summed E-state index contributed by atoms with van der Waals surface area (Å²) in [5.74, 6) is -1.18. The van der Waals surface area contributed by atoms with Crippen molar-refractivity contribution in [3.63, 3.8) is 0 Å². The molecule has 3 aromatic carbocycles. The van der Waals surface area contributed by atoms with E-state index in [1.165, 1.54) is 11.0 Å². The predicted octanol–water partition coefficient (Wildman–Crippen LogP) is 5.79. The van der Waals surface area contributed by atoms with Crippen LogP contribution in [-0.2, 0) is 38.8 Å². The predicted molar refractivity (Wildman–Crippen MR) is 160 cm³/mol. The highest BCUT2D eigenvalue weighted by Gasteiger charge is 2.35. The van der Waals surface area contributed by atoms with Crippen molar-refractivity contribution in [2.75, 3.05) is 17.1 Å². The van der Waals surface area contributed by atoms with E-state index < -0.39 is 46.2 Å². The van der Waals surface area contributed by atoms with Crippen molar-refractivity contribution in [3.05, 3.63) is 100 Å². The Kier molecular flexibility index (Phi) is 11.2. The fourth-order valence-electron chi connectivity index (χ4n) is 4.28. The molecule has 42 heavy (non-hydrogen) atoms. The van der Waals surface area contributed by atoms with Crippen molar-refractivity contribution in [1.29, 1.82) is 0 Å². The standard InChI is InChI=1S/C30H33BrF3N3O4S/c1-4-21(2)35-29(39)27(17-22-10-6-5-7-11-22)36(19-23-12-8-14-25(31)16-23)28(38)20-37(42(3,40)41)26-15-9-13-24(18-26)30(32,33)34/h5-16,18,21,27H,4,17,19-20H2,1-3H3,(H,35,39)/t21-,27+/m1/s1. The average Bonchev–Trinajstić information content (AvgIpc) is 2.93. The maximum Gasteiger partial charge on any atom is 0.416 e. The molecule has 0 saturated heterocycles. The maximum absolute atomic E-state index is 14.0. The van der Waals surface area contributed by atoms with Crippen LogP contribution in [0, 0.1) is 0 Å². The van der Waals surface area contributed by atoms with Crippen LogP contribution in [-0.4, -0.2) is 50.0 Å². The van der Waals surface area contributed by atoms with Crippen molar-refractivity contribution in [1.82, 2.24) is 10.2 Å². The fraction of sp³-hybridized carbons (Fsp3) is 0.333. The third kappa shape index (κ3) is 9.32. The van der Waals surface area contributed by atoms with Crippen LogP contribution in [0.5, 0.6) is 0 Å². The molecule has 2 amide bonds. The van der Waals surface area contributed by atoms with Crippen LogP contribution < -0.4 is 9.62 Å². The number of alkyl halides is 3. The molecule has 0 spiro atoms. The molecule has 7 nitrogen and oxygen atoms in total. The zero-order valence-corrected chi connectivity index (χ0v) is 25.8. The number of halogens is 4. The fourth-order valence-corrected chi connectivity index (χ4v) is 5.57. The number of carbonyl (C=O) groups is 2. The van der Waals surface area contributed by atoms with Gasteiger partial charge in [-0.3, -0.25) is 13.9 Å². The van der Waals surface area contributed by atoms with Gasteiger partial charge in [0.05, 0.1) is 17.5 Å². The summed E-state index contributed by atoms with van der Waals surface area (Å²) in [4.78, 5) is 29.0. The van der Waals surface area contributed by atoms with Crippen LogP contribution in [0.4, 0.5) is 18.9 Å². The Balaban J connectivity index is 2.09. The Morgan fingerprint density at radius 2 is 1.60 bits per heavy atom. The molecule has 0 aliphatic heterocycles. The van der Waals surface area contributed by atoms with Gasteiger partial charge in [-0.05, 0) is 54.8 Å². The molecular formula is C30H33BrF3N3O4S. The summed E-state index contributed by atoms with van der Waals surface area (Å²) < 4.78 is 67.3. The largest absolute Gasteiger partial charge is 0.416 e. The van der Waals surface area contributed by atoms with E-state index in [0.717, 1.165) is 28.4 Å². The molecule has 1 N–H and O–H groups in total. The van der Waals surface area contributed by atoms with Gasteiger partial charge in [-0.2, -0.15) is 13.2 Å². The lowest BCUT2D eigenvalue weighted by Crippen LogP contribution is -2.54. The molecule has 0 unspecified atom stereocenters. The number of hydrogen-bond donors (Lipinski definition) is 1. The summed E-state index contributed by atoms with van der Waals surface area (Å²) in [5, 5.41) is 2.92. The minimum Gasteiger partial charge on any atom is -0.352 e. The molecule has 0 heterocycles. The van der Waals surface area contributed by atoms with E-state index in [1.54, 1.807) is 36.4 Å². The van der Waals surface area contributed by atoms with Gasteiger partial charge in [-0.1, -0.05) is 71.4 Å². The summed E-state index contributed by atoms with van der Waals surface area (Å²) in [6.45, 7) is 2.87. The number of nitrogens with one attached hydrogen (secondary N) is 1. The minimum atomic E-state index is -4.72. The Bertz CT molecular complexity index is 1490. The SMILES string of the molecule is CC[C@@H](C)NC(=O)[C@H](Cc1ccccc1)N(Cc1cccc(Br)c1)C(=O)CN(c1cccc(C(F)(F)F)c1)S(C)(=O)=O. The molecule has 0 radical (unpaired) electrons. The first-order valence-corrected chi connectivity index (χ1v) is 15.9. The molecular weight excluding hydrogens is 635 g/mol. The Morgan fingerprint density at radius 1 is 0.952 bits per heavy atom. The Hall–Kier alpha value is -3.38. The van der Waals surface area contributed by atoms with Gasteiger partial charge in [0, 0.05) is 23.5 Å². The third-order valence-electron chi connectivity index (χ3n) is 6.65. The van der Waals surface area contributed by atoms with Crippen LogP contribution in [0.1, 0.15) is 37.0 Å². The average molecular weight is 669 g/mol. The lowest BCUT2D eigenvalue weighted by molar-refractivity contribution is -0.140. The molecule has 226 valence electrons. The van der Waals surface area contributed by atoms with E-state index in [4.69, 9.17) is 0 Å². The number of anilines is 1. The second kappa shape index (κ2) is 14.2. The number of sulfonamides is 1. The first kappa shape index (κ1) is 33.1. The van der Waals surface area contributed by atoms with Gasteiger partial charge in [-0.15, -0.1) is 0 Å². The first-order chi connectivity index (χ1) is 19.7. The highest BCUT2D eigenvalue weighted by atomic mass is 79.9. The molecule has 12 heteroatoms. The van der Waals surface area contributed by atoms with Gasteiger partial charge in [0.2, 0.25) is 21.8 Å². The highest BCUT2D eigenvalue weighted by Crippen LogP contribution is 2.32. The van der Waals surface area contributed by atoms with Gasteiger partial charge in [0.1, 0.15) is 12.6 Å². The number of hydrogen-bond acceptors (Lipinski definition) is 4. The van der Waals surface area contributed by atoms with E-state index in [2.05, 4.69) is 21.2 Å². The Morgan fingerprint density at radius 3 is 2.19 bits per heavy atom. The molecule has 3 aromatic rings. The van der Waals surface area contributed by atoms with E-state index in [0.29, 0.717) is 22.4 Å². The summed E-state index contributed by atoms with van der Waals surface area (Å²) in [6.07, 6.45) is -3.13. The number of carbonyl (C=O) groups excluding carboxylic acids is 2. The van der Waals surface area contributed by atoms with E-state index in [1.807, 2.05) is 32.0 Å². The van der Waals surface area contributed by atoms with Crippen LogP contribution in [0.25, 0.3) is 0 Å². The molecule has 2 atom stereocenters. The van der Waals surface area contributed by atoms with Crippen LogP contribution in [0.2, 0.25) is 0 Å². The molecule has 3 rings (SSSR count). The Labute approximate surface area is 252 Å². The normalized spacial score (nSPS) is 13.2. The molecule has 0 saturated carbocycles. The maximum atomic E-state index is 14.0. The zero-order valence-electron chi connectivity index (χ0n) is 23.4. The van der Waals surface area contributed by atoms with Crippen molar-refractivity contribution in [3.8, 4) is 0 Å². The highest BCUT2D eigenvalue weighted by molar-refractivity contribution is 9.10. The molecule has 0 aliphatic rings. The molecule has 0 bridgehead atoms. The van der Waals surface area contributed by atoms with Crippen molar-refractivity contribution >= 4 is 43.5 Å². The van der Waals surface area contributed by atoms with Gasteiger partial charge in [0.15, 0.2) is 0 Å². The zero-order chi connectivity index (χ0) is 31.1. The summed E-state index contributed by atoms with van der Waals surface area (Å²) in [5.41, 5.74) is 0.0671. The minimum absolute atomic E-state index is 0.0517. The second-order valence-electron chi connectivity index (χ2n) is 9.99. The van der Waals surface area contributed by atoms with Crippen molar-refractivity contribution in [2.24, 2.45) is 0 Å². The smallest absolute Gasteiger partial charge is 0.352 e. The molecule has 0 fully saturated rings. The monoisotopic (exact) mass is 667 g/mol. The summed E-state index contributed by atoms with van der Waals surface area (Å²) >= 11 is 3.41. The van der Waals surface area contributed by atoms with Crippen LogP contribution >= 0.6 is 15.9 Å². The van der Waals surface area contributed by atoms with Crippen LogP contribution in [0.3, 0.4) is 0 Å². The summed E-state index contributed by atoms with van der Waals surface area (Å²) in [6, 6.07) is 18.7. The lowest BCUT2D eigenvalue weighted by Gasteiger charge is -2.34. The van der Waals surface area contributed by atoms with Gasteiger partial charge in [-0.25, -0.2) is 8.42 Å². The number of amides is 2. The first-order valence-electron chi connectivity index (χ1n) is 13.2. The second-order valence-corrected chi connectivity index (χ2v) is 12.8. The third-order valence-corrected chi connectivity index (χ3v) is 8.29. The van der Waals surface area contributed by atoms with E-state index >= 15 is 0 Å². The van der Waals surface area contributed by atoms with Gasteiger partial charge < -0.3 is 10.2 Å². The topological polar surface area (TPSA) is 86.8 Å². The van der Waals surface area contributed by atoms with Gasteiger partial charge >= 0.3 is 6.18 Å².